The highest BCUT2D eigenvalue weighted by atomic mass is 32.2. The highest BCUT2D eigenvalue weighted by molar-refractivity contribution is 7.99. The van der Waals surface area contributed by atoms with Crippen LogP contribution in [0.1, 0.15) is 36.2 Å². The summed E-state index contributed by atoms with van der Waals surface area (Å²) in [5, 5.41) is 0. The van der Waals surface area contributed by atoms with Crippen molar-refractivity contribution in [3.8, 4) is 0 Å². The third-order valence-corrected chi connectivity index (χ3v) is 6.87. The summed E-state index contributed by atoms with van der Waals surface area (Å²) in [6, 6.07) is 7.18. The second-order valence-corrected chi connectivity index (χ2v) is 9.43. The van der Waals surface area contributed by atoms with E-state index in [4.69, 9.17) is 0 Å². The second kappa shape index (κ2) is 7.78. The fourth-order valence-electron chi connectivity index (χ4n) is 4.55. The lowest BCUT2D eigenvalue weighted by Crippen LogP contribution is -2.57. The van der Waals surface area contributed by atoms with E-state index in [0.29, 0.717) is 35.6 Å². The second-order valence-electron chi connectivity index (χ2n) is 8.43. The van der Waals surface area contributed by atoms with Gasteiger partial charge in [-0.1, -0.05) is 26.0 Å². The first-order chi connectivity index (χ1) is 13.4. The first-order valence-electron chi connectivity index (χ1n) is 9.96. The van der Waals surface area contributed by atoms with Gasteiger partial charge in [-0.2, -0.15) is 0 Å². The van der Waals surface area contributed by atoms with Crippen LogP contribution in [0.2, 0.25) is 0 Å². The molecule has 6 nitrogen and oxygen atoms in total. The van der Waals surface area contributed by atoms with Crippen molar-refractivity contribution in [1.29, 1.82) is 0 Å². The predicted octanol–water partition coefficient (Wildman–Crippen LogP) is 2.05. The van der Waals surface area contributed by atoms with E-state index < -0.39 is 0 Å². The number of likely N-dealkylation sites (tertiary alicyclic amines) is 1. The molecule has 150 valence electrons. The summed E-state index contributed by atoms with van der Waals surface area (Å²) in [6.07, 6.45) is 1.17. The maximum Gasteiger partial charge on any atom is 0.253 e. The molecule has 3 atom stereocenters. The van der Waals surface area contributed by atoms with Crippen molar-refractivity contribution in [3.63, 3.8) is 0 Å². The lowest BCUT2D eigenvalue weighted by molar-refractivity contribution is -0.153. The maximum atomic E-state index is 12.8. The Kier molecular flexibility index (Phi) is 5.36. The van der Waals surface area contributed by atoms with Gasteiger partial charge in [0.1, 0.15) is 12.6 Å². The van der Waals surface area contributed by atoms with Gasteiger partial charge in [-0.3, -0.25) is 14.4 Å². The molecule has 3 amide bonds. The molecule has 0 spiro atoms. The van der Waals surface area contributed by atoms with E-state index in [1.807, 2.05) is 29.2 Å². The first kappa shape index (κ1) is 19.3. The Morgan fingerprint density at radius 2 is 1.79 bits per heavy atom. The van der Waals surface area contributed by atoms with E-state index >= 15 is 0 Å². The number of hydrogen-bond donors (Lipinski definition) is 0. The van der Waals surface area contributed by atoms with Crippen LogP contribution in [0.4, 0.5) is 0 Å². The molecule has 3 fully saturated rings. The molecule has 7 heteroatoms. The van der Waals surface area contributed by atoms with Gasteiger partial charge in [0.05, 0.1) is 5.88 Å². The molecule has 0 saturated carbocycles. The molecule has 3 aliphatic heterocycles. The minimum Gasteiger partial charge on any atom is -0.338 e. The minimum atomic E-state index is -0.310. The molecule has 4 rings (SSSR count). The van der Waals surface area contributed by atoms with Crippen LogP contribution in [0.25, 0.3) is 0 Å². The van der Waals surface area contributed by atoms with Crippen molar-refractivity contribution in [2.45, 2.75) is 32.9 Å². The summed E-state index contributed by atoms with van der Waals surface area (Å²) >= 11 is 1.63. The molecule has 3 heterocycles. The fraction of sp³-hybridized carbons (Fsp3) is 0.571. The van der Waals surface area contributed by atoms with Gasteiger partial charge in [-0.05, 0) is 36.0 Å². The third-order valence-electron chi connectivity index (χ3n) is 5.86. The number of hydrogen-bond acceptors (Lipinski definition) is 4. The zero-order chi connectivity index (χ0) is 19.8. The van der Waals surface area contributed by atoms with Crippen LogP contribution in [0, 0.1) is 11.8 Å². The van der Waals surface area contributed by atoms with Crippen LogP contribution >= 0.6 is 11.8 Å². The molecule has 0 bridgehead atoms. The van der Waals surface area contributed by atoms with E-state index in [-0.39, 0.29) is 30.3 Å². The van der Waals surface area contributed by atoms with Gasteiger partial charge in [0, 0.05) is 31.0 Å². The summed E-state index contributed by atoms with van der Waals surface area (Å²) in [5.41, 5.74) is 1.63. The van der Waals surface area contributed by atoms with Gasteiger partial charge in [0.15, 0.2) is 0 Å². The van der Waals surface area contributed by atoms with Crippen molar-refractivity contribution in [2.24, 2.45) is 11.8 Å². The van der Waals surface area contributed by atoms with Gasteiger partial charge < -0.3 is 14.7 Å². The zero-order valence-electron chi connectivity index (χ0n) is 16.5. The van der Waals surface area contributed by atoms with Crippen molar-refractivity contribution in [3.05, 3.63) is 35.4 Å². The highest BCUT2D eigenvalue weighted by Gasteiger charge is 2.42. The van der Waals surface area contributed by atoms with Gasteiger partial charge >= 0.3 is 0 Å². The van der Waals surface area contributed by atoms with Crippen LogP contribution < -0.4 is 0 Å². The summed E-state index contributed by atoms with van der Waals surface area (Å²) in [6.45, 7) is 6.56. The Bertz CT molecular complexity index is 772. The number of amides is 3. The number of piperazine rings is 1. The molecule has 1 aromatic carbocycles. The van der Waals surface area contributed by atoms with Gasteiger partial charge in [0.2, 0.25) is 11.8 Å². The molecule has 3 saturated heterocycles. The molecule has 1 aromatic rings. The maximum absolute atomic E-state index is 12.8. The molecular weight excluding hydrogens is 374 g/mol. The number of benzene rings is 1. The normalized spacial score (nSPS) is 27.9. The number of piperidine rings is 1. The predicted molar refractivity (Wildman–Crippen MR) is 109 cm³/mol. The lowest BCUT2D eigenvalue weighted by atomic mass is 9.91. The SMILES string of the molecule is C[C@@H]1C[C@@H](C)CN(C(=O)c2ccc(CN3CC(=O)N4CSC[C@@H]4C3=O)cc2)C1. The van der Waals surface area contributed by atoms with Crippen molar-refractivity contribution >= 4 is 29.5 Å². The third kappa shape index (κ3) is 3.77. The van der Waals surface area contributed by atoms with Crippen LogP contribution in [-0.2, 0) is 16.1 Å². The Hall–Kier alpha value is -2.02. The Morgan fingerprint density at radius 1 is 1.11 bits per heavy atom. The largest absolute Gasteiger partial charge is 0.338 e. The van der Waals surface area contributed by atoms with Crippen molar-refractivity contribution in [1.82, 2.24) is 14.7 Å². The Labute approximate surface area is 170 Å². The summed E-state index contributed by atoms with van der Waals surface area (Å²) in [7, 11) is 0. The van der Waals surface area contributed by atoms with E-state index in [9.17, 15) is 14.4 Å². The standard InChI is InChI=1S/C21H27N3O3S/c1-14-7-15(2)9-22(8-14)20(26)17-5-3-16(4-6-17)10-23-11-19(25)24-13-28-12-18(24)21(23)27/h3-6,14-15,18H,7-13H2,1-2H3/t14-,15-,18-/m1/s1. The van der Waals surface area contributed by atoms with E-state index in [0.717, 1.165) is 18.7 Å². The molecule has 0 aliphatic carbocycles. The molecule has 0 radical (unpaired) electrons. The highest BCUT2D eigenvalue weighted by Crippen LogP contribution is 2.27. The number of nitrogens with zero attached hydrogens (tertiary/aromatic N) is 3. The topological polar surface area (TPSA) is 60.9 Å². The quantitative estimate of drug-likeness (QED) is 0.778. The van der Waals surface area contributed by atoms with Crippen LogP contribution in [0.15, 0.2) is 24.3 Å². The first-order valence-corrected chi connectivity index (χ1v) is 11.1. The molecule has 0 aromatic heterocycles. The number of thioether (sulfide) groups is 1. The molecular formula is C21H27N3O3S. The number of carbonyl (C=O) groups is 3. The van der Waals surface area contributed by atoms with Crippen LogP contribution in [-0.4, -0.2) is 69.7 Å². The molecule has 0 unspecified atom stereocenters. The van der Waals surface area contributed by atoms with E-state index in [1.54, 1.807) is 21.6 Å². The van der Waals surface area contributed by atoms with Crippen LogP contribution in [0.3, 0.4) is 0 Å². The molecule has 3 aliphatic rings. The number of rotatable bonds is 3. The average Bonchev–Trinajstić information content (AvgIpc) is 3.16. The van der Waals surface area contributed by atoms with Gasteiger partial charge in [0.25, 0.3) is 5.91 Å². The van der Waals surface area contributed by atoms with E-state index in [1.165, 1.54) is 6.42 Å². The zero-order valence-corrected chi connectivity index (χ0v) is 17.3. The van der Waals surface area contributed by atoms with E-state index in [2.05, 4.69) is 13.8 Å². The lowest BCUT2D eigenvalue weighted by Gasteiger charge is -2.36. The van der Waals surface area contributed by atoms with Crippen molar-refractivity contribution < 1.29 is 14.4 Å². The number of carbonyl (C=O) groups excluding carboxylic acids is 3. The Morgan fingerprint density at radius 3 is 2.46 bits per heavy atom. The van der Waals surface area contributed by atoms with Gasteiger partial charge in [-0.25, -0.2) is 0 Å². The molecule has 0 N–H and O–H groups in total. The monoisotopic (exact) mass is 401 g/mol. The minimum absolute atomic E-state index is 0.0229. The summed E-state index contributed by atoms with van der Waals surface area (Å²) < 4.78 is 0. The smallest absolute Gasteiger partial charge is 0.253 e. The Balaban J connectivity index is 1.41. The summed E-state index contributed by atoms with van der Waals surface area (Å²) in [5.74, 6) is 2.49. The summed E-state index contributed by atoms with van der Waals surface area (Å²) in [4.78, 5) is 43.0. The number of fused-ring (bicyclic) bond motifs is 1. The van der Waals surface area contributed by atoms with Gasteiger partial charge in [-0.15, -0.1) is 11.8 Å². The van der Waals surface area contributed by atoms with Crippen molar-refractivity contribution in [2.75, 3.05) is 31.3 Å². The average molecular weight is 402 g/mol. The van der Waals surface area contributed by atoms with Crippen LogP contribution in [0.5, 0.6) is 0 Å². The fourth-order valence-corrected chi connectivity index (χ4v) is 5.73. The molecule has 28 heavy (non-hydrogen) atoms.